The van der Waals surface area contributed by atoms with Crippen LogP contribution in [-0.2, 0) is 6.54 Å². The molecule has 0 aliphatic carbocycles. The van der Waals surface area contributed by atoms with Gasteiger partial charge in [-0.2, -0.15) is 0 Å². The lowest BCUT2D eigenvalue weighted by atomic mass is 10.1. The molecule has 4 aromatic heterocycles. The summed E-state index contributed by atoms with van der Waals surface area (Å²) >= 11 is 5.83. The zero-order valence-electron chi connectivity index (χ0n) is 18.3. The number of ether oxygens (including phenoxy) is 1. The number of fused-ring (bicyclic) bond motifs is 3. The normalized spacial score (nSPS) is 12.0. The first-order chi connectivity index (χ1) is 16.0. The van der Waals surface area contributed by atoms with Crippen molar-refractivity contribution in [3.63, 3.8) is 0 Å². The highest BCUT2D eigenvalue weighted by molar-refractivity contribution is 6.34. The van der Waals surface area contributed by atoms with E-state index in [1.54, 1.807) is 13.4 Å². The van der Waals surface area contributed by atoms with E-state index in [0.717, 1.165) is 56.0 Å². The molecular weight excluding hydrogens is 440 g/mol. The molecule has 5 aromatic rings. The van der Waals surface area contributed by atoms with E-state index in [2.05, 4.69) is 40.2 Å². The van der Waals surface area contributed by atoms with E-state index < -0.39 is 0 Å². The summed E-state index contributed by atoms with van der Waals surface area (Å²) in [7, 11) is 1.67. The van der Waals surface area contributed by atoms with Gasteiger partial charge in [0.2, 0.25) is 0 Å². The summed E-state index contributed by atoms with van der Waals surface area (Å²) in [4.78, 5) is 26.9. The highest BCUT2D eigenvalue weighted by Crippen LogP contribution is 2.34. The number of anilines is 2. The number of rotatable bonds is 3. The third-order valence-electron chi connectivity index (χ3n) is 5.49. The van der Waals surface area contributed by atoms with Gasteiger partial charge in [0.1, 0.15) is 40.7 Å². The van der Waals surface area contributed by atoms with Crippen molar-refractivity contribution in [2.45, 2.75) is 20.4 Å². The van der Waals surface area contributed by atoms with Crippen LogP contribution in [0, 0.1) is 13.8 Å². The van der Waals surface area contributed by atoms with Crippen molar-refractivity contribution in [3.05, 3.63) is 64.6 Å². The van der Waals surface area contributed by atoms with Gasteiger partial charge in [-0.15, -0.1) is 0 Å². The van der Waals surface area contributed by atoms with Gasteiger partial charge in [0.25, 0.3) is 0 Å². The van der Waals surface area contributed by atoms with Crippen LogP contribution in [-0.4, -0.2) is 43.2 Å². The van der Waals surface area contributed by atoms with Crippen molar-refractivity contribution in [1.82, 2.24) is 29.9 Å². The predicted octanol–water partition coefficient (Wildman–Crippen LogP) is 4.87. The second kappa shape index (κ2) is 8.51. The molecule has 9 nitrogen and oxygen atoms in total. The van der Waals surface area contributed by atoms with Crippen LogP contribution in [0.2, 0.25) is 5.15 Å². The molecule has 166 valence electrons. The Morgan fingerprint density at radius 2 is 1.64 bits per heavy atom. The topological polar surface area (TPSA) is 117 Å². The minimum atomic E-state index is 0.508. The Kier molecular flexibility index (Phi) is 5.39. The first kappa shape index (κ1) is 20.9. The van der Waals surface area contributed by atoms with E-state index in [-0.39, 0.29) is 0 Å². The third kappa shape index (κ3) is 3.87. The quantitative estimate of drug-likeness (QED) is 0.331. The van der Waals surface area contributed by atoms with Crippen molar-refractivity contribution in [1.29, 1.82) is 0 Å². The molecule has 0 radical (unpaired) electrons. The van der Waals surface area contributed by atoms with E-state index in [4.69, 9.17) is 16.3 Å². The smallest absolute Gasteiger partial charge is 0.143 e. The average Bonchev–Trinajstić information content (AvgIpc) is 3.53. The van der Waals surface area contributed by atoms with Crippen LogP contribution in [0.5, 0.6) is 5.75 Å². The Hall–Kier alpha value is -3.98. The van der Waals surface area contributed by atoms with E-state index >= 15 is 0 Å². The molecule has 0 saturated heterocycles. The highest BCUT2D eigenvalue weighted by atomic mass is 35.5. The maximum atomic E-state index is 5.83. The van der Waals surface area contributed by atoms with Crippen LogP contribution in [0.15, 0.2) is 42.2 Å². The molecule has 0 atom stereocenters. The maximum absolute atomic E-state index is 5.83. The lowest BCUT2D eigenvalue weighted by Crippen LogP contribution is -2.00. The van der Waals surface area contributed by atoms with Crippen LogP contribution in [0.4, 0.5) is 11.5 Å². The molecule has 33 heavy (non-hydrogen) atoms. The van der Waals surface area contributed by atoms with Crippen LogP contribution in [0.25, 0.3) is 22.1 Å². The van der Waals surface area contributed by atoms with E-state index in [1.807, 2.05) is 44.6 Å². The van der Waals surface area contributed by atoms with Gasteiger partial charge in [-0.1, -0.05) is 11.6 Å². The number of nitrogens with one attached hydrogen (secondary N) is 3. The second-order valence-electron chi connectivity index (χ2n) is 7.62. The maximum Gasteiger partial charge on any atom is 0.143 e. The molecule has 0 fully saturated rings. The van der Waals surface area contributed by atoms with Crippen molar-refractivity contribution in [3.8, 4) is 5.75 Å². The molecule has 1 aliphatic heterocycles. The number of H-pyrrole nitrogens is 2. The van der Waals surface area contributed by atoms with Crippen LogP contribution < -0.4 is 10.1 Å². The number of benzene rings is 1. The van der Waals surface area contributed by atoms with Crippen molar-refractivity contribution >= 4 is 51.4 Å². The second-order valence-corrected chi connectivity index (χ2v) is 7.98. The molecule has 0 amide bonds. The average molecular weight is 461 g/mol. The largest absolute Gasteiger partial charge is 0.495 e. The van der Waals surface area contributed by atoms with E-state index in [0.29, 0.717) is 11.7 Å². The van der Waals surface area contributed by atoms with Crippen LogP contribution >= 0.6 is 11.6 Å². The summed E-state index contributed by atoms with van der Waals surface area (Å²) < 4.78 is 5.50. The van der Waals surface area contributed by atoms with Gasteiger partial charge in [0, 0.05) is 18.6 Å². The molecule has 1 aromatic carbocycles. The Balaban J connectivity index is 0.000000174. The van der Waals surface area contributed by atoms with E-state index in [9.17, 15) is 0 Å². The number of nitrogens with zero attached hydrogens (tertiary/aromatic N) is 5. The fraction of sp³-hybridized carbons (Fsp3) is 0.174. The Morgan fingerprint density at radius 1 is 0.939 bits per heavy atom. The third-order valence-corrected chi connectivity index (χ3v) is 5.78. The molecule has 6 rings (SSSR count). The zero-order chi connectivity index (χ0) is 22.9. The monoisotopic (exact) mass is 460 g/mol. The lowest BCUT2D eigenvalue weighted by molar-refractivity contribution is 0.416. The molecule has 0 saturated carbocycles. The van der Waals surface area contributed by atoms with Gasteiger partial charge in [0.05, 0.1) is 30.1 Å². The number of aromatic amines is 2. The minimum absolute atomic E-state index is 0.508. The summed E-state index contributed by atoms with van der Waals surface area (Å²) in [6.45, 7) is 4.70. The number of halogens is 1. The summed E-state index contributed by atoms with van der Waals surface area (Å²) in [6, 6.07) is 4.06. The number of aryl methyl sites for hydroxylation is 2. The molecule has 0 unspecified atom stereocenters. The van der Waals surface area contributed by atoms with Crippen molar-refractivity contribution < 1.29 is 4.74 Å². The van der Waals surface area contributed by atoms with Gasteiger partial charge < -0.3 is 20.0 Å². The SMILES string of the molecule is COc1cc2c(cc1Nc1ncnc3[nH]cc(C)c13)C=NC2.Cc1c[nH]c2ncnc(Cl)c12. The molecule has 10 heteroatoms. The number of hydrogen-bond acceptors (Lipinski definition) is 7. The summed E-state index contributed by atoms with van der Waals surface area (Å²) in [5.41, 5.74) is 6.94. The molecule has 1 aliphatic rings. The number of aromatic nitrogens is 6. The fourth-order valence-electron chi connectivity index (χ4n) is 3.82. The molecule has 5 heterocycles. The molecule has 0 spiro atoms. The van der Waals surface area contributed by atoms with Gasteiger partial charge in [-0.3, -0.25) is 4.99 Å². The zero-order valence-corrected chi connectivity index (χ0v) is 19.0. The molecule has 0 bridgehead atoms. The predicted molar refractivity (Wildman–Crippen MR) is 130 cm³/mol. The molecular formula is C23H21ClN8O. The summed E-state index contributed by atoms with van der Waals surface area (Å²) in [5.74, 6) is 1.54. The standard InChI is InChI=1S/C16H15N5O.C7H6ClN3/c1-9-5-18-15-14(9)16(20-8-19-15)21-12-3-10-6-17-7-11(10)4-13(12)22-2;1-4-2-9-7-5(4)6(8)10-3-11-7/h3-6,8H,7H2,1-2H3,(H2,18,19,20,21);2-3H,1H3,(H,9,10,11). The summed E-state index contributed by atoms with van der Waals surface area (Å²) in [6.07, 6.45) is 8.67. The Labute approximate surface area is 194 Å². The Morgan fingerprint density at radius 3 is 2.36 bits per heavy atom. The van der Waals surface area contributed by atoms with Crippen molar-refractivity contribution in [2.75, 3.05) is 12.4 Å². The van der Waals surface area contributed by atoms with E-state index in [1.165, 1.54) is 11.9 Å². The van der Waals surface area contributed by atoms with Crippen molar-refractivity contribution in [2.24, 2.45) is 4.99 Å². The first-order valence-corrected chi connectivity index (χ1v) is 10.6. The van der Waals surface area contributed by atoms with Crippen LogP contribution in [0.1, 0.15) is 22.3 Å². The van der Waals surface area contributed by atoms with Gasteiger partial charge in [-0.25, -0.2) is 19.9 Å². The summed E-state index contributed by atoms with van der Waals surface area (Å²) in [5, 5.41) is 5.77. The number of methoxy groups -OCH3 is 1. The highest BCUT2D eigenvalue weighted by Gasteiger charge is 2.15. The van der Waals surface area contributed by atoms with Gasteiger partial charge in [-0.05, 0) is 48.2 Å². The Bertz CT molecular complexity index is 1500. The first-order valence-electron chi connectivity index (χ1n) is 10.3. The van der Waals surface area contributed by atoms with Gasteiger partial charge >= 0.3 is 0 Å². The van der Waals surface area contributed by atoms with Crippen LogP contribution in [0.3, 0.4) is 0 Å². The van der Waals surface area contributed by atoms with Gasteiger partial charge in [0.15, 0.2) is 0 Å². The molecule has 3 N–H and O–H groups in total. The number of hydrogen-bond donors (Lipinski definition) is 3. The lowest BCUT2D eigenvalue weighted by Gasteiger charge is -2.13. The number of aliphatic imine (C=N–C) groups is 1. The fourth-order valence-corrected chi connectivity index (χ4v) is 4.10. The minimum Gasteiger partial charge on any atom is -0.495 e.